The van der Waals surface area contributed by atoms with Crippen molar-refractivity contribution in [2.24, 2.45) is 16.8 Å². The maximum absolute atomic E-state index is 11.9. The number of oxime groups is 1. The van der Waals surface area contributed by atoms with E-state index in [9.17, 15) is 14.4 Å². The first-order valence-corrected chi connectivity index (χ1v) is 8.14. The highest BCUT2D eigenvalue weighted by atomic mass is 16.7. The van der Waals surface area contributed by atoms with E-state index in [0.717, 1.165) is 5.56 Å². The molecule has 1 atom stereocenters. The minimum Gasteiger partial charge on any atom is -0.454 e. The van der Waals surface area contributed by atoms with Crippen LogP contribution in [0.3, 0.4) is 0 Å². The number of imide groups is 1. The van der Waals surface area contributed by atoms with Gasteiger partial charge < -0.3 is 24.8 Å². The SMILES string of the molecule is C/C(=N/OCC(=O)O[C@@H](C(=O)NC(N)=O)C(C)C)c1ccc2c(c1)OCO2. The number of carbonyl (C=O) groups is 3. The molecule has 0 radical (unpaired) electrons. The average molecular weight is 379 g/mol. The number of esters is 1. The third-order valence-electron chi connectivity index (χ3n) is 3.54. The Balaban J connectivity index is 1.89. The van der Waals surface area contributed by atoms with Crippen LogP contribution in [-0.2, 0) is 19.2 Å². The van der Waals surface area contributed by atoms with Crippen LogP contribution < -0.4 is 20.5 Å². The second-order valence-corrected chi connectivity index (χ2v) is 6.03. The van der Waals surface area contributed by atoms with Gasteiger partial charge in [0.15, 0.2) is 17.6 Å². The standard InChI is InChI=1S/C17H21N3O7/c1-9(2)15(16(22)19-17(18)23)27-14(21)7-26-20-10(3)11-4-5-12-13(6-11)25-8-24-12/h4-6,9,15H,7-8H2,1-3H3,(H3,18,19,22,23)/b20-10-/t15-/m1/s1. The minimum absolute atomic E-state index is 0.164. The zero-order valence-corrected chi connectivity index (χ0v) is 15.2. The molecule has 0 aromatic heterocycles. The summed E-state index contributed by atoms with van der Waals surface area (Å²) in [6.07, 6.45) is -1.17. The number of carbonyl (C=O) groups excluding carboxylic acids is 3. The number of ether oxygens (including phenoxy) is 3. The molecule has 2 rings (SSSR count). The number of nitrogens with one attached hydrogen (secondary N) is 1. The van der Waals surface area contributed by atoms with E-state index in [1.54, 1.807) is 39.0 Å². The first kappa shape index (κ1) is 20.0. The Kier molecular flexibility index (Phi) is 6.58. The van der Waals surface area contributed by atoms with Gasteiger partial charge in [0.05, 0.1) is 5.71 Å². The number of fused-ring (bicyclic) bond motifs is 1. The molecule has 0 fully saturated rings. The van der Waals surface area contributed by atoms with Crippen LogP contribution in [-0.4, -0.2) is 43.1 Å². The third kappa shape index (κ3) is 5.59. The Morgan fingerprint density at radius 2 is 1.96 bits per heavy atom. The van der Waals surface area contributed by atoms with E-state index < -0.39 is 30.6 Å². The topological polar surface area (TPSA) is 139 Å². The molecular formula is C17H21N3O7. The summed E-state index contributed by atoms with van der Waals surface area (Å²) in [7, 11) is 0. The smallest absolute Gasteiger partial charge is 0.347 e. The molecule has 10 nitrogen and oxygen atoms in total. The maximum Gasteiger partial charge on any atom is 0.347 e. The lowest BCUT2D eigenvalue weighted by Gasteiger charge is -2.19. The molecule has 1 aliphatic heterocycles. The van der Waals surface area contributed by atoms with Gasteiger partial charge in [-0.2, -0.15) is 0 Å². The van der Waals surface area contributed by atoms with Crippen molar-refractivity contribution >= 4 is 23.6 Å². The first-order chi connectivity index (χ1) is 12.8. The molecule has 1 aromatic carbocycles. The van der Waals surface area contributed by atoms with Crippen LogP contribution in [0.5, 0.6) is 11.5 Å². The van der Waals surface area contributed by atoms with Crippen LogP contribution in [0.25, 0.3) is 0 Å². The number of urea groups is 1. The van der Waals surface area contributed by atoms with Crippen LogP contribution in [0, 0.1) is 5.92 Å². The zero-order chi connectivity index (χ0) is 20.0. The molecule has 3 N–H and O–H groups in total. The second-order valence-electron chi connectivity index (χ2n) is 6.03. The van der Waals surface area contributed by atoms with Gasteiger partial charge in [-0.15, -0.1) is 0 Å². The summed E-state index contributed by atoms with van der Waals surface area (Å²) < 4.78 is 15.5. The van der Waals surface area contributed by atoms with Crippen molar-refractivity contribution in [1.82, 2.24) is 5.32 Å². The van der Waals surface area contributed by atoms with Gasteiger partial charge in [-0.05, 0) is 31.0 Å². The van der Waals surface area contributed by atoms with Gasteiger partial charge in [-0.25, -0.2) is 9.59 Å². The number of rotatable bonds is 7. The lowest BCUT2D eigenvalue weighted by atomic mass is 10.1. The molecule has 10 heteroatoms. The van der Waals surface area contributed by atoms with Crippen molar-refractivity contribution < 1.29 is 33.4 Å². The number of primary amides is 1. The highest BCUT2D eigenvalue weighted by Crippen LogP contribution is 2.32. The van der Waals surface area contributed by atoms with Crippen LogP contribution in [0.1, 0.15) is 26.3 Å². The summed E-state index contributed by atoms with van der Waals surface area (Å²) >= 11 is 0. The molecule has 27 heavy (non-hydrogen) atoms. The number of benzene rings is 1. The lowest BCUT2D eigenvalue weighted by molar-refractivity contribution is -0.162. The fourth-order valence-electron chi connectivity index (χ4n) is 2.22. The quantitative estimate of drug-likeness (QED) is 0.408. The Labute approximate surface area is 155 Å². The molecule has 146 valence electrons. The maximum atomic E-state index is 11.9. The van der Waals surface area contributed by atoms with E-state index in [4.69, 9.17) is 24.8 Å². The molecule has 1 aliphatic rings. The number of hydrogen-bond donors (Lipinski definition) is 2. The summed E-state index contributed by atoms with van der Waals surface area (Å²) in [5.41, 5.74) is 6.13. The molecule has 0 bridgehead atoms. The molecule has 0 aliphatic carbocycles. The number of amides is 3. The molecule has 0 saturated carbocycles. The summed E-state index contributed by atoms with van der Waals surface area (Å²) in [5.74, 6) is -0.736. The molecule has 0 spiro atoms. The molecular weight excluding hydrogens is 358 g/mol. The van der Waals surface area contributed by atoms with Gasteiger partial charge in [-0.3, -0.25) is 10.1 Å². The van der Waals surface area contributed by atoms with Crippen molar-refractivity contribution in [1.29, 1.82) is 0 Å². The second kappa shape index (κ2) is 8.88. The fraction of sp³-hybridized carbons (Fsp3) is 0.412. The highest BCUT2D eigenvalue weighted by molar-refractivity contribution is 5.99. The van der Waals surface area contributed by atoms with Crippen LogP contribution in [0.2, 0.25) is 0 Å². The first-order valence-electron chi connectivity index (χ1n) is 8.14. The van der Waals surface area contributed by atoms with Gasteiger partial charge >= 0.3 is 12.0 Å². The van der Waals surface area contributed by atoms with E-state index in [2.05, 4.69) is 5.16 Å². The summed E-state index contributed by atoms with van der Waals surface area (Å²) in [6.45, 7) is 4.66. The Morgan fingerprint density at radius 3 is 2.63 bits per heavy atom. The van der Waals surface area contributed by atoms with Crippen molar-refractivity contribution in [3.63, 3.8) is 0 Å². The Morgan fingerprint density at radius 1 is 1.26 bits per heavy atom. The number of hydrogen-bond acceptors (Lipinski definition) is 8. The fourth-order valence-corrected chi connectivity index (χ4v) is 2.22. The largest absolute Gasteiger partial charge is 0.454 e. The van der Waals surface area contributed by atoms with Gasteiger partial charge in [0, 0.05) is 5.56 Å². The predicted octanol–water partition coefficient (Wildman–Crippen LogP) is 0.919. The highest BCUT2D eigenvalue weighted by Gasteiger charge is 2.27. The Hall–Kier alpha value is -3.30. The van der Waals surface area contributed by atoms with Crippen molar-refractivity contribution in [2.75, 3.05) is 13.4 Å². The van der Waals surface area contributed by atoms with Crippen molar-refractivity contribution in [2.45, 2.75) is 26.9 Å². The van der Waals surface area contributed by atoms with Crippen LogP contribution in [0.15, 0.2) is 23.4 Å². The summed E-state index contributed by atoms with van der Waals surface area (Å²) in [4.78, 5) is 39.4. The normalized spacial score (nSPS) is 13.9. The average Bonchev–Trinajstić information content (AvgIpc) is 3.06. The molecule has 0 saturated heterocycles. The summed E-state index contributed by atoms with van der Waals surface area (Å²) in [6, 6.07) is 4.24. The molecule has 3 amide bonds. The van der Waals surface area contributed by atoms with E-state index in [-0.39, 0.29) is 12.7 Å². The van der Waals surface area contributed by atoms with E-state index in [1.165, 1.54) is 0 Å². The minimum atomic E-state index is -1.17. The molecule has 1 aromatic rings. The van der Waals surface area contributed by atoms with Crippen molar-refractivity contribution in [3.05, 3.63) is 23.8 Å². The van der Waals surface area contributed by atoms with E-state index in [0.29, 0.717) is 17.2 Å². The Bertz CT molecular complexity index is 761. The van der Waals surface area contributed by atoms with Gasteiger partial charge in [0.1, 0.15) is 0 Å². The molecule has 0 unspecified atom stereocenters. The van der Waals surface area contributed by atoms with Crippen LogP contribution >= 0.6 is 0 Å². The van der Waals surface area contributed by atoms with Crippen molar-refractivity contribution in [3.8, 4) is 11.5 Å². The number of nitrogens with zero attached hydrogens (tertiary/aromatic N) is 1. The lowest BCUT2D eigenvalue weighted by Crippen LogP contribution is -2.45. The third-order valence-corrected chi connectivity index (χ3v) is 3.54. The molecule has 1 heterocycles. The monoisotopic (exact) mass is 379 g/mol. The van der Waals surface area contributed by atoms with Crippen LogP contribution in [0.4, 0.5) is 4.79 Å². The predicted molar refractivity (Wildman–Crippen MR) is 93.2 cm³/mol. The summed E-state index contributed by atoms with van der Waals surface area (Å²) in [5, 5.41) is 5.73. The van der Waals surface area contributed by atoms with Gasteiger partial charge in [0.25, 0.3) is 5.91 Å². The zero-order valence-electron chi connectivity index (χ0n) is 15.2. The van der Waals surface area contributed by atoms with E-state index >= 15 is 0 Å². The van der Waals surface area contributed by atoms with E-state index in [1.807, 2.05) is 5.32 Å². The van der Waals surface area contributed by atoms with Gasteiger partial charge in [-0.1, -0.05) is 19.0 Å². The number of nitrogens with two attached hydrogens (primary N) is 1. The van der Waals surface area contributed by atoms with Gasteiger partial charge in [0.2, 0.25) is 13.4 Å².